The average molecular weight is 476 g/mol. The first-order chi connectivity index (χ1) is 16.3. The van der Waals surface area contributed by atoms with Crippen molar-refractivity contribution < 1.29 is 28.9 Å². The van der Waals surface area contributed by atoms with Crippen LogP contribution in [0.15, 0.2) is 12.1 Å². The number of carboxylic acid groups (broad SMARTS) is 1. The van der Waals surface area contributed by atoms with Gasteiger partial charge >= 0.3 is 12.1 Å². The highest BCUT2D eigenvalue weighted by Crippen LogP contribution is 2.27. The zero-order chi connectivity index (χ0) is 24.7. The summed E-state index contributed by atoms with van der Waals surface area (Å²) in [6.07, 6.45) is 2.70. The lowest BCUT2D eigenvalue weighted by atomic mass is 10.0. The molecule has 0 spiro atoms. The molecule has 2 aromatic rings. The Kier molecular flexibility index (Phi) is 8.80. The summed E-state index contributed by atoms with van der Waals surface area (Å²) in [6.45, 7) is 5.11. The minimum Gasteiger partial charge on any atom is -0.486 e. The average Bonchev–Trinajstić information content (AvgIpc) is 3.19. The molecule has 34 heavy (non-hydrogen) atoms. The van der Waals surface area contributed by atoms with Gasteiger partial charge in [0.15, 0.2) is 0 Å². The van der Waals surface area contributed by atoms with Gasteiger partial charge in [-0.05, 0) is 25.5 Å². The van der Waals surface area contributed by atoms with Crippen molar-refractivity contribution in [3.8, 4) is 17.1 Å². The third-order valence-electron chi connectivity index (χ3n) is 5.78. The zero-order valence-corrected chi connectivity index (χ0v) is 20.2. The molecule has 0 bridgehead atoms. The molecule has 1 saturated heterocycles. The molecule has 11 heteroatoms. The maximum Gasteiger partial charge on any atom is 0.409 e. The number of ether oxygens (including phenoxy) is 3. The Labute approximate surface area is 199 Å². The SMILES string of the molecule is CCCCCN(C)C(=O)OCc1c(-c2ccc(O[C@H]3COC[C@@H](C(=O)O)C3)c(C)n2)nnn1C. The number of carbonyl (C=O) groups is 2. The van der Waals surface area contributed by atoms with Crippen molar-refractivity contribution in [3.63, 3.8) is 0 Å². The highest BCUT2D eigenvalue weighted by Gasteiger charge is 2.29. The monoisotopic (exact) mass is 475 g/mol. The highest BCUT2D eigenvalue weighted by atomic mass is 16.6. The lowest BCUT2D eigenvalue weighted by Crippen LogP contribution is -2.37. The van der Waals surface area contributed by atoms with Crippen molar-refractivity contribution >= 4 is 12.1 Å². The van der Waals surface area contributed by atoms with Crippen molar-refractivity contribution in [3.05, 3.63) is 23.5 Å². The predicted molar refractivity (Wildman–Crippen MR) is 122 cm³/mol. The van der Waals surface area contributed by atoms with Gasteiger partial charge in [-0.3, -0.25) is 4.79 Å². The second kappa shape index (κ2) is 11.8. The largest absolute Gasteiger partial charge is 0.486 e. The second-order valence-corrected chi connectivity index (χ2v) is 8.52. The second-order valence-electron chi connectivity index (χ2n) is 8.52. The molecule has 1 amide bonds. The summed E-state index contributed by atoms with van der Waals surface area (Å²) in [5.41, 5.74) is 2.34. The van der Waals surface area contributed by atoms with Gasteiger partial charge in [0.25, 0.3) is 0 Å². The number of aromatic nitrogens is 4. The van der Waals surface area contributed by atoms with Gasteiger partial charge in [0.05, 0.1) is 30.5 Å². The van der Waals surface area contributed by atoms with Gasteiger partial charge in [0.1, 0.15) is 29.8 Å². The lowest BCUT2D eigenvalue weighted by Gasteiger charge is -2.27. The molecule has 0 aromatic carbocycles. The number of pyridine rings is 1. The predicted octanol–water partition coefficient (Wildman–Crippen LogP) is 2.81. The van der Waals surface area contributed by atoms with E-state index in [0.717, 1.165) is 19.3 Å². The Morgan fingerprint density at radius 3 is 2.79 bits per heavy atom. The molecular weight excluding hydrogens is 442 g/mol. The Hall–Kier alpha value is -3.21. The molecule has 0 aliphatic carbocycles. The van der Waals surface area contributed by atoms with Gasteiger partial charge in [0, 0.05) is 27.1 Å². The van der Waals surface area contributed by atoms with Crippen LogP contribution in [0, 0.1) is 12.8 Å². The Bertz CT molecular complexity index is 994. The van der Waals surface area contributed by atoms with Gasteiger partial charge in [-0.1, -0.05) is 25.0 Å². The van der Waals surface area contributed by atoms with E-state index in [2.05, 4.69) is 22.2 Å². The molecule has 186 valence electrons. The van der Waals surface area contributed by atoms with Crippen LogP contribution >= 0.6 is 0 Å². The van der Waals surface area contributed by atoms with Crippen LogP contribution in [0.25, 0.3) is 11.4 Å². The number of amides is 1. The standard InChI is InChI=1S/C23H33N5O6/c1-5-6-7-10-27(3)23(31)33-14-19-21(25-26-28(19)4)18-8-9-20(15(2)24-18)34-17-11-16(22(29)30)12-32-13-17/h8-9,16-17H,5-7,10-14H2,1-4H3,(H,29,30)/t16-,17+/m0/s1. The van der Waals surface area contributed by atoms with Crippen LogP contribution < -0.4 is 4.74 Å². The fourth-order valence-electron chi connectivity index (χ4n) is 3.70. The van der Waals surface area contributed by atoms with Crippen LogP contribution in [0.1, 0.15) is 44.0 Å². The number of hydrogen-bond acceptors (Lipinski definition) is 8. The van der Waals surface area contributed by atoms with Crippen molar-refractivity contribution in [1.82, 2.24) is 24.9 Å². The Morgan fingerprint density at radius 1 is 1.29 bits per heavy atom. The van der Waals surface area contributed by atoms with E-state index in [-0.39, 0.29) is 19.3 Å². The summed E-state index contributed by atoms with van der Waals surface area (Å²) in [5, 5.41) is 17.5. The van der Waals surface area contributed by atoms with Crippen molar-refractivity contribution in [2.45, 2.75) is 52.2 Å². The number of hydrogen-bond donors (Lipinski definition) is 1. The summed E-state index contributed by atoms with van der Waals surface area (Å²) >= 11 is 0. The first-order valence-corrected chi connectivity index (χ1v) is 11.5. The van der Waals surface area contributed by atoms with Crippen molar-refractivity contribution in [1.29, 1.82) is 0 Å². The van der Waals surface area contributed by atoms with Crippen LogP contribution in [0.4, 0.5) is 4.79 Å². The van der Waals surface area contributed by atoms with Crippen molar-refractivity contribution in [2.75, 3.05) is 26.8 Å². The summed E-state index contributed by atoms with van der Waals surface area (Å²) in [7, 11) is 3.46. The molecule has 1 aliphatic rings. The number of carbonyl (C=O) groups excluding carboxylic acids is 1. The summed E-state index contributed by atoms with van der Waals surface area (Å²) in [6, 6.07) is 3.53. The van der Waals surface area contributed by atoms with Crippen LogP contribution in [0.5, 0.6) is 5.75 Å². The highest BCUT2D eigenvalue weighted by molar-refractivity contribution is 5.70. The third kappa shape index (κ3) is 6.43. The van der Waals surface area contributed by atoms with E-state index < -0.39 is 18.0 Å². The zero-order valence-electron chi connectivity index (χ0n) is 20.2. The van der Waals surface area contributed by atoms with E-state index in [1.54, 1.807) is 42.7 Å². The normalized spacial score (nSPS) is 17.9. The van der Waals surface area contributed by atoms with E-state index in [0.29, 0.717) is 48.1 Å². The fourth-order valence-corrected chi connectivity index (χ4v) is 3.70. The van der Waals surface area contributed by atoms with E-state index in [1.165, 1.54) is 0 Å². The molecule has 3 heterocycles. The molecule has 1 N–H and O–H groups in total. The molecule has 2 atom stereocenters. The summed E-state index contributed by atoms with van der Waals surface area (Å²) in [5.74, 6) is -0.919. The van der Waals surface area contributed by atoms with E-state index >= 15 is 0 Å². The fraction of sp³-hybridized carbons (Fsp3) is 0.609. The molecule has 1 fully saturated rings. The molecule has 3 rings (SSSR count). The van der Waals surface area contributed by atoms with Gasteiger partial charge in [0.2, 0.25) is 0 Å². The molecule has 11 nitrogen and oxygen atoms in total. The van der Waals surface area contributed by atoms with E-state index in [9.17, 15) is 14.7 Å². The van der Waals surface area contributed by atoms with Gasteiger partial charge < -0.3 is 24.2 Å². The quantitative estimate of drug-likeness (QED) is 0.516. The molecule has 0 saturated carbocycles. The number of unbranched alkanes of at least 4 members (excludes halogenated alkanes) is 2. The Balaban J connectivity index is 1.66. The first kappa shape index (κ1) is 25.4. The van der Waals surface area contributed by atoms with E-state index in [4.69, 9.17) is 14.2 Å². The van der Waals surface area contributed by atoms with Crippen LogP contribution in [-0.2, 0) is 27.9 Å². The maximum absolute atomic E-state index is 12.3. The van der Waals surface area contributed by atoms with Crippen LogP contribution in [0.3, 0.4) is 0 Å². The lowest BCUT2D eigenvalue weighted by molar-refractivity contribution is -0.149. The number of carboxylic acids is 1. The van der Waals surface area contributed by atoms with E-state index in [1.807, 2.05) is 0 Å². The number of rotatable bonds is 10. The van der Waals surface area contributed by atoms with Crippen LogP contribution in [-0.4, -0.2) is 75.0 Å². The maximum atomic E-state index is 12.3. The molecule has 0 radical (unpaired) electrons. The smallest absolute Gasteiger partial charge is 0.409 e. The number of aryl methyl sites for hydroxylation is 2. The third-order valence-corrected chi connectivity index (χ3v) is 5.78. The first-order valence-electron chi connectivity index (χ1n) is 11.5. The number of aliphatic carboxylic acids is 1. The minimum absolute atomic E-state index is 0.0186. The van der Waals surface area contributed by atoms with Crippen molar-refractivity contribution in [2.24, 2.45) is 13.0 Å². The van der Waals surface area contributed by atoms with Gasteiger partial charge in [-0.25, -0.2) is 14.5 Å². The minimum atomic E-state index is -0.887. The molecular formula is C23H33N5O6. The Morgan fingerprint density at radius 2 is 2.09 bits per heavy atom. The molecule has 0 unspecified atom stereocenters. The number of nitrogens with zero attached hydrogens (tertiary/aromatic N) is 5. The molecule has 2 aromatic heterocycles. The van der Waals surface area contributed by atoms with Gasteiger partial charge in [-0.15, -0.1) is 5.10 Å². The summed E-state index contributed by atoms with van der Waals surface area (Å²) in [4.78, 5) is 29.7. The van der Waals surface area contributed by atoms with Gasteiger partial charge in [-0.2, -0.15) is 0 Å². The topological polar surface area (TPSA) is 129 Å². The van der Waals surface area contributed by atoms with Crippen LogP contribution in [0.2, 0.25) is 0 Å². The molecule has 1 aliphatic heterocycles. The summed E-state index contributed by atoms with van der Waals surface area (Å²) < 4.78 is 18.4.